The van der Waals surface area contributed by atoms with Gasteiger partial charge in [0.2, 0.25) is 0 Å². The first-order chi connectivity index (χ1) is 8.20. The molecule has 1 aromatic carbocycles. The highest BCUT2D eigenvalue weighted by atomic mass is 14.9. The Balaban J connectivity index is 2.48. The van der Waals surface area contributed by atoms with Crippen LogP contribution in [0.3, 0.4) is 0 Å². The van der Waals surface area contributed by atoms with Crippen LogP contribution >= 0.6 is 0 Å². The topological polar surface area (TPSA) is 51.8 Å². The van der Waals surface area contributed by atoms with E-state index in [1.54, 1.807) is 0 Å². The number of anilines is 1. The second-order valence-electron chi connectivity index (χ2n) is 4.17. The molecule has 0 aliphatic heterocycles. The smallest absolute Gasteiger partial charge is 0.162 e. The molecule has 0 amide bonds. The van der Waals surface area contributed by atoms with E-state index in [0.717, 1.165) is 29.9 Å². The lowest BCUT2D eigenvalue weighted by atomic mass is 10.1. The fourth-order valence-corrected chi connectivity index (χ4v) is 1.85. The predicted molar refractivity (Wildman–Crippen MR) is 70.6 cm³/mol. The molecular formula is C14H17N3. The Kier molecular flexibility index (Phi) is 3.38. The minimum atomic E-state index is 0.543. The molecule has 0 fully saturated rings. The lowest BCUT2D eigenvalue weighted by Crippen LogP contribution is -2.01. The van der Waals surface area contributed by atoms with Crippen LogP contribution in [-0.4, -0.2) is 9.97 Å². The summed E-state index contributed by atoms with van der Waals surface area (Å²) in [6, 6.07) is 9.94. The van der Waals surface area contributed by atoms with E-state index in [-0.39, 0.29) is 0 Å². The second-order valence-corrected chi connectivity index (χ2v) is 4.17. The van der Waals surface area contributed by atoms with Crippen LogP contribution in [0.25, 0.3) is 11.4 Å². The molecule has 1 aromatic heterocycles. The molecule has 2 aromatic rings. The van der Waals surface area contributed by atoms with Gasteiger partial charge in [-0.1, -0.05) is 37.6 Å². The average molecular weight is 227 g/mol. The van der Waals surface area contributed by atoms with E-state index in [2.05, 4.69) is 29.9 Å². The molecule has 3 nitrogen and oxygen atoms in total. The number of nitrogen functional groups attached to an aromatic ring is 1. The van der Waals surface area contributed by atoms with Gasteiger partial charge >= 0.3 is 0 Å². The molecule has 3 heteroatoms. The highest BCUT2D eigenvalue weighted by molar-refractivity contribution is 5.61. The number of nitrogens with two attached hydrogens (primary N) is 1. The highest BCUT2D eigenvalue weighted by Gasteiger charge is 2.07. The second kappa shape index (κ2) is 4.95. The largest absolute Gasteiger partial charge is 0.384 e. The maximum atomic E-state index is 5.83. The van der Waals surface area contributed by atoms with Gasteiger partial charge in [-0.2, -0.15) is 0 Å². The minimum Gasteiger partial charge on any atom is -0.384 e. The maximum Gasteiger partial charge on any atom is 0.162 e. The van der Waals surface area contributed by atoms with Crippen molar-refractivity contribution in [3.63, 3.8) is 0 Å². The third kappa shape index (κ3) is 2.61. The summed E-state index contributed by atoms with van der Waals surface area (Å²) in [5.74, 6) is 1.27. The van der Waals surface area contributed by atoms with E-state index in [4.69, 9.17) is 5.73 Å². The van der Waals surface area contributed by atoms with E-state index in [9.17, 15) is 0 Å². The molecule has 88 valence electrons. The zero-order valence-corrected chi connectivity index (χ0v) is 10.3. The number of benzene rings is 1. The van der Waals surface area contributed by atoms with Crippen LogP contribution in [0.5, 0.6) is 0 Å². The van der Waals surface area contributed by atoms with Gasteiger partial charge in [0, 0.05) is 17.3 Å². The summed E-state index contributed by atoms with van der Waals surface area (Å²) in [6.45, 7) is 4.19. The molecule has 0 aliphatic rings. The van der Waals surface area contributed by atoms with Crippen LogP contribution in [0.15, 0.2) is 30.3 Å². The van der Waals surface area contributed by atoms with E-state index in [0.29, 0.717) is 5.82 Å². The van der Waals surface area contributed by atoms with Gasteiger partial charge in [-0.15, -0.1) is 0 Å². The first-order valence-electron chi connectivity index (χ1n) is 5.90. The van der Waals surface area contributed by atoms with E-state index in [1.807, 2.05) is 24.3 Å². The van der Waals surface area contributed by atoms with Crippen molar-refractivity contribution in [3.8, 4) is 11.4 Å². The summed E-state index contributed by atoms with van der Waals surface area (Å²) in [7, 11) is 0. The van der Waals surface area contributed by atoms with Gasteiger partial charge in [-0.25, -0.2) is 9.97 Å². The number of aryl methyl sites for hydroxylation is 2. The number of nitrogens with zero attached hydrogens (tertiary/aromatic N) is 2. The monoisotopic (exact) mass is 227 g/mol. The Labute approximate surface area is 102 Å². The number of hydrogen-bond acceptors (Lipinski definition) is 3. The van der Waals surface area contributed by atoms with Crippen LogP contribution in [0, 0.1) is 6.92 Å². The molecule has 17 heavy (non-hydrogen) atoms. The van der Waals surface area contributed by atoms with Crippen molar-refractivity contribution < 1.29 is 0 Å². The molecular weight excluding hydrogens is 210 g/mol. The van der Waals surface area contributed by atoms with Gasteiger partial charge in [-0.05, 0) is 18.9 Å². The van der Waals surface area contributed by atoms with Crippen LogP contribution in [0.1, 0.15) is 24.6 Å². The van der Waals surface area contributed by atoms with Gasteiger partial charge in [0.1, 0.15) is 5.82 Å². The molecule has 2 rings (SSSR count). The summed E-state index contributed by atoms with van der Waals surface area (Å²) in [5.41, 5.74) is 9.06. The summed E-state index contributed by atoms with van der Waals surface area (Å²) in [4.78, 5) is 8.88. The van der Waals surface area contributed by atoms with Gasteiger partial charge < -0.3 is 5.73 Å². The first-order valence-corrected chi connectivity index (χ1v) is 5.90. The zero-order chi connectivity index (χ0) is 12.3. The molecule has 0 saturated carbocycles. The fourth-order valence-electron chi connectivity index (χ4n) is 1.85. The molecule has 0 saturated heterocycles. The summed E-state index contributed by atoms with van der Waals surface area (Å²) >= 11 is 0. The Hall–Kier alpha value is -1.90. The van der Waals surface area contributed by atoms with Crippen molar-refractivity contribution in [2.24, 2.45) is 0 Å². The molecule has 2 N–H and O–H groups in total. The van der Waals surface area contributed by atoms with Crippen molar-refractivity contribution in [1.82, 2.24) is 9.97 Å². The van der Waals surface area contributed by atoms with Crippen molar-refractivity contribution in [1.29, 1.82) is 0 Å². The first kappa shape index (κ1) is 11.6. The van der Waals surface area contributed by atoms with Crippen LogP contribution in [0.2, 0.25) is 0 Å². The molecule has 0 atom stereocenters. The average Bonchev–Trinajstić information content (AvgIpc) is 2.29. The molecule has 0 unspecified atom stereocenters. The van der Waals surface area contributed by atoms with Crippen molar-refractivity contribution in [2.45, 2.75) is 26.7 Å². The Morgan fingerprint density at radius 3 is 2.65 bits per heavy atom. The van der Waals surface area contributed by atoms with E-state index < -0.39 is 0 Å². The van der Waals surface area contributed by atoms with E-state index >= 15 is 0 Å². The van der Waals surface area contributed by atoms with Gasteiger partial charge in [0.25, 0.3) is 0 Å². The highest BCUT2D eigenvalue weighted by Crippen LogP contribution is 2.20. The third-order valence-electron chi connectivity index (χ3n) is 2.69. The Morgan fingerprint density at radius 2 is 1.94 bits per heavy atom. The molecule has 0 aliphatic carbocycles. The van der Waals surface area contributed by atoms with Crippen LogP contribution < -0.4 is 5.73 Å². The molecule has 0 radical (unpaired) electrons. The normalized spacial score (nSPS) is 10.5. The summed E-state index contributed by atoms with van der Waals surface area (Å²) in [5, 5.41) is 0. The van der Waals surface area contributed by atoms with Gasteiger partial charge in [0.05, 0.1) is 0 Å². The number of aromatic nitrogens is 2. The fraction of sp³-hybridized carbons (Fsp3) is 0.286. The lowest BCUT2D eigenvalue weighted by Gasteiger charge is -2.07. The molecule has 0 spiro atoms. The van der Waals surface area contributed by atoms with Crippen molar-refractivity contribution in [2.75, 3.05) is 5.73 Å². The third-order valence-corrected chi connectivity index (χ3v) is 2.69. The van der Waals surface area contributed by atoms with Gasteiger partial charge in [-0.3, -0.25) is 0 Å². The van der Waals surface area contributed by atoms with Crippen molar-refractivity contribution >= 4 is 5.82 Å². The zero-order valence-electron chi connectivity index (χ0n) is 10.3. The maximum absolute atomic E-state index is 5.83. The predicted octanol–water partition coefficient (Wildman–Crippen LogP) is 2.99. The summed E-state index contributed by atoms with van der Waals surface area (Å²) < 4.78 is 0. The minimum absolute atomic E-state index is 0.543. The van der Waals surface area contributed by atoms with Gasteiger partial charge in [0.15, 0.2) is 5.82 Å². The van der Waals surface area contributed by atoms with Crippen LogP contribution in [0.4, 0.5) is 5.82 Å². The SMILES string of the molecule is CCCc1cc(N)nc(-c2ccccc2C)n1. The number of hydrogen-bond donors (Lipinski definition) is 1. The quantitative estimate of drug-likeness (QED) is 0.877. The molecule has 1 heterocycles. The number of rotatable bonds is 3. The van der Waals surface area contributed by atoms with Crippen LogP contribution in [-0.2, 0) is 6.42 Å². The Bertz CT molecular complexity index is 521. The van der Waals surface area contributed by atoms with E-state index in [1.165, 1.54) is 5.56 Å². The lowest BCUT2D eigenvalue weighted by molar-refractivity contribution is 0.876. The Morgan fingerprint density at radius 1 is 1.18 bits per heavy atom. The van der Waals surface area contributed by atoms with Crippen molar-refractivity contribution in [3.05, 3.63) is 41.6 Å². The standard InChI is InChI=1S/C14H17N3/c1-3-6-11-9-13(15)17-14(16-11)12-8-5-4-7-10(12)2/h4-5,7-9H,3,6H2,1-2H3,(H2,15,16,17). The molecule has 0 bridgehead atoms. The summed E-state index contributed by atoms with van der Waals surface area (Å²) in [6.07, 6.45) is 2.00.